The molecule has 1 aliphatic heterocycles. The third-order valence-corrected chi connectivity index (χ3v) is 5.10. The van der Waals surface area contributed by atoms with Crippen LogP contribution >= 0.6 is 11.8 Å². The molecule has 0 saturated heterocycles. The fourth-order valence-electron chi connectivity index (χ4n) is 2.50. The number of rotatable bonds is 5. The number of thioether (sulfide) groups is 1. The summed E-state index contributed by atoms with van der Waals surface area (Å²) >= 11 is 1.24. The number of halogens is 3. The molecule has 0 saturated carbocycles. The van der Waals surface area contributed by atoms with Gasteiger partial charge in [-0.15, -0.1) is 0 Å². The maximum absolute atomic E-state index is 13.8. The van der Waals surface area contributed by atoms with E-state index in [0.717, 1.165) is 4.90 Å². The zero-order valence-corrected chi connectivity index (χ0v) is 17.2. The van der Waals surface area contributed by atoms with E-state index in [0.29, 0.717) is 13.7 Å². The third-order valence-electron chi connectivity index (χ3n) is 3.92. The lowest BCUT2D eigenvalue weighted by molar-refractivity contribution is -0.276. The number of hydrogen-bond acceptors (Lipinski definition) is 6. The Balaban J connectivity index is 2.46. The number of methoxy groups -OCH3 is 1. The molecule has 0 aromatic heterocycles. The Morgan fingerprint density at radius 3 is 2.34 bits per heavy atom. The van der Waals surface area contributed by atoms with E-state index in [1.807, 2.05) is 13.8 Å². The number of benzene rings is 1. The van der Waals surface area contributed by atoms with Gasteiger partial charge in [0.25, 0.3) is 0 Å². The smallest absolute Gasteiger partial charge is 0.448 e. The zero-order valence-electron chi connectivity index (χ0n) is 16.4. The molecule has 11 heteroatoms. The van der Waals surface area contributed by atoms with Gasteiger partial charge in [-0.1, -0.05) is 30.0 Å². The van der Waals surface area contributed by atoms with Crippen molar-refractivity contribution in [1.29, 1.82) is 0 Å². The molecule has 1 N–H and O–H groups in total. The minimum absolute atomic E-state index is 0.203. The van der Waals surface area contributed by atoms with Crippen LogP contribution in [0.25, 0.3) is 0 Å². The number of urea groups is 1. The molecule has 160 valence electrons. The van der Waals surface area contributed by atoms with Crippen LogP contribution in [0.5, 0.6) is 0 Å². The predicted octanol–water partition coefficient (Wildman–Crippen LogP) is 3.55. The largest absolute Gasteiger partial charge is 0.462 e. The topological polar surface area (TPSA) is 80.2 Å². The van der Waals surface area contributed by atoms with Crippen molar-refractivity contribution in [1.82, 2.24) is 5.32 Å². The number of esters is 1. The van der Waals surface area contributed by atoms with Crippen LogP contribution in [-0.4, -0.2) is 54.1 Å². The summed E-state index contributed by atoms with van der Waals surface area (Å²) in [5, 5.41) is 1.88. The van der Waals surface area contributed by atoms with Crippen molar-refractivity contribution in [3.63, 3.8) is 0 Å². The van der Waals surface area contributed by atoms with Gasteiger partial charge in [0.15, 0.2) is 5.17 Å². The highest BCUT2D eigenvalue weighted by atomic mass is 32.2. The highest BCUT2D eigenvalue weighted by molar-refractivity contribution is 8.15. The van der Waals surface area contributed by atoms with Gasteiger partial charge in [0.05, 0.1) is 18.8 Å². The second-order valence-corrected chi connectivity index (χ2v) is 8.34. The van der Waals surface area contributed by atoms with Crippen molar-refractivity contribution in [2.75, 3.05) is 25.2 Å². The van der Waals surface area contributed by atoms with Crippen LogP contribution < -0.4 is 10.2 Å². The lowest BCUT2D eigenvalue weighted by Gasteiger charge is -2.34. The van der Waals surface area contributed by atoms with Crippen molar-refractivity contribution in [2.45, 2.75) is 37.4 Å². The minimum atomic E-state index is -5.27. The van der Waals surface area contributed by atoms with Crippen molar-refractivity contribution in [2.24, 2.45) is 4.99 Å². The number of nitrogens with one attached hydrogen (secondary N) is 1. The molecule has 0 spiro atoms. The summed E-state index contributed by atoms with van der Waals surface area (Å²) in [6, 6.07) is 6.80. The van der Waals surface area contributed by atoms with Gasteiger partial charge in [-0.25, -0.2) is 14.5 Å². The Kier molecular flexibility index (Phi) is 6.84. The Bertz CT molecular complexity index is 786. The van der Waals surface area contributed by atoms with Gasteiger partial charge in [0.1, 0.15) is 0 Å². The standard InChI is InChI=1S/C18H22F3N3O4S/c1-5-28-13(25)17(27-4,18(19,20)21)23-14(26)24(12-9-7-6-8-10-12)15-22-11-16(2,3)29-15/h6-10H,5,11H2,1-4H3,(H,23,26). The normalized spacial score (nSPS) is 17.8. The number of nitrogens with zero attached hydrogens (tertiary/aromatic N) is 2. The molecular formula is C18H22F3N3O4S. The Hall–Kier alpha value is -2.27. The summed E-state index contributed by atoms with van der Waals surface area (Å²) in [6.07, 6.45) is -5.27. The van der Waals surface area contributed by atoms with Gasteiger partial charge in [-0.05, 0) is 32.9 Å². The maximum Gasteiger partial charge on any atom is 0.448 e. The molecule has 1 heterocycles. The minimum Gasteiger partial charge on any atom is -0.462 e. The van der Waals surface area contributed by atoms with Crippen LogP contribution in [0.1, 0.15) is 20.8 Å². The molecule has 2 rings (SSSR count). The van der Waals surface area contributed by atoms with Gasteiger partial charge in [0.2, 0.25) is 0 Å². The average molecular weight is 433 g/mol. The SMILES string of the molecule is CCOC(=O)C(NC(=O)N(C1=NCC(C)(C)S1)c1ccccc1)(OC)C(F)(F)F. The summed E-state index contributed by atoms with van der Waals surface area (Å²) < 4.78 is 50.0. The van der Waals surface area contributed by atoms with Crippen LogP contribution in [0.4, 0.5) is 23.7 Å². The molecule has 7 nitrogen and oxygen atoms in total. The molecule has 29 heavy (non-hydrogen) atoms. The van der Waals surface area contributed by atoms with Crippen LogP contribution in [0.15, 0.2) is 35.3 Å². The second-order valence-electron chi connectivity index (χ2n) is 6.67. The fraction of sp³-hybridized carbons (Fsp3) is 0.500. The lowest BCUT2D eigenvalue weighted by Crippen LogP contribution is -2.68. The number of carbonyl (C=O) groups is 2. The van der Waals surface area contributed by atoms with Gasteiger partial charge >= 0.3 is 23.9 Å². The number of anilines is 1. The molecule has 1 atom stereocenters. The number of amidine groups is 1. The average Bonchev–Trinajstić information content (AvgIpc) is 2.99. The molecule has 1 aromatic carbocycles. The van der Waals surface area contributed by atoms with E-state index in [2.05, 4.69) is 14.5 Å². The molecule has 1 unspecified atom stereocenters. The lowest BCUT2D eigenvalue weighted by atomic mass is 10.2. The predicted molar refractivity (Wildman–Crippen MR) is 104 cm³/mol. The van der Waals surface area contributed by atoms with E-state index in [1.165, 1.54) is 18.7 Å². The van der Waals surface area contributed by atoms with Gasteiger partial charge in [0, 0.05) is 11.9 Å². The number of carbonyl (C=O) groups excluding carboxylic acids is 2. The van der Waals surface area contributed by atoms with Crippen LogP contribution in [-0.2, 0) is 14.3 Å². The van der Waals surface area contributed by atoms with Gasteiger partial charge < -0.3 is 9.47 Å². The van der Waals surface area contributed by atoms with Crippen molar-refractivity contribution >= 4 is 34.6 Å². The zero-order chi connectivity index (χ0) is 21.9. The number of para-hydroxylation sites is 1. The summed E-state index contributed by atoms with van der Waals surface area (Å²) in [7, 11) is 0.669. The molecule has 0 aliphatic carbocycles. The van der Waals surface area contributed by atoms with E-state index >= 15 is 0 Å². The van der Waals surface area contributed by atoms with E-state index in [9.17, 15) is 22.8 Å². The number of aliphatic imine (C=N–C) groups is 1. The van der Waals surface area contributed by atoms with E-state index in [4.69, 9.17) is 0 Å². The molecule has 1 aliphatic rings. The number of alkyl halides is 3. The van der Waals surface area contributed by atoms with Crippen molar-refractivity contribution < 1.29 is 32.2 Å². The first-order valence-corrected chi connectivity index (χ1v) is 9.49. The Labute approximate surface area is 170 Å². The van der Waals surface area contributed by atoms with Gasteiger partial charge in [-0.2, -0.15) is 13.2 Å². The number of amides is 2. The third kappa shape index (κ3) is 4.84. The van der Waals surface area contributed by atoms with E-state index in [-0.39, 0.29) is 22.2 Å². The Morgan fingerprint density at radius 2 is 1.90 bits per heavy atom. The van der Waals surface area contributed by atoms with Crippen LogP contribution in [0.2, 0.25) is 0 Å². The van der Waals surface area contributed by atoms with Crippen molar-refractivity contribution in [3.8, 4) is 0 Å². The molecule has 0 radical (unpaired) electrons. The summed E-state index contributed by atoms with van der Waals surface area (Å²) in [6.45, 7) is 5.18. The summed E-state index contributed by atoms with van der Waals surface area (Å²) in [5.41, 5.74) is -3.38. The number of hydrogen-bond donors (Lipinski definition) is 1. The van der Waals surface area contributed by atoms with Gasteiger partial charge in [-0.3, -0.25) is 10.3 Å². The molecule has 0 bridgehead atoms. The number of ether oxygens (including phenoxy) is 2. The van der Waals surface area contributed by atoms with Crippen molar-refractivity contribution in [3.05, 3.63) is 30.3 Å². The highest BCUT2D eigenvalue weighted by Gasteiger charge is 2.65. The summed E-state index contributed by atoms with van der Waals surface area (Å²) in [4.78, 5) is 30.4. The van der Waals surface area contributed by atoms with E-state index < -0.39 is 23.9 Å². The molecule has 1 aromatic rings. The van der Waals surface area contributed by atoms with Crippen LogP contribution in [0.3, 0.4) is 0 Å². The first kappa shape index (κ1) is 23.0. The molecule has 2 amide bonds. The van der Waals surface area contributed by atoms with E-state index in [1.54, 1.807) is 35.6 Å². The molecule has 0 fully saturated rings. The Morgan fingerprint density at radius 1 is 1.28 bits per heavy atom. The molecular weight excluding hydrogens is 411 g/mol. The second kappa shape index (κ2) is 8.62. The fourth-order valence-corrected chi connectivity index (χ4v) is 3.54. The van der Waals surface area contributed by atoms with Crippen LogP contribution in [0, 0.1) is 0 Å². The maximum atomic E-state index is 13.8. The first-order chi connectivity index (χ1) is 13.5. The monoisotopic (exact) mass is 433 g/mol. The first-order valence-electron chi connectivity index (χ1n) is 8.67. The quantitative estimate of drug-likeness (QED) is 0.568. The highest BCUT2D eigenvalue weighted by Crippen LogP contribution is 2.37. The summed E-state index contributed by atoms with van der Waals surface area (Å²) in [5.74, 6) is -1.77.